The summed E-state index contributed by atoms with van der Waals surface area (Å²) in [4.78, 5) is 12.4. The molecule has 0 heterocycles. The lowest BCUT2D eigenvalue weighted by molar-refractivity contribution is -0.139. The zero-order valence-electron chi connectivity index (χ0n) is 14.4. The molecule has 22 heavy (non-hydrogen) atoms. The Hall–Kier alpha value is -1.55. The first-order valence-electron chi connectivity index (χ1n) is 8.17. The van der Waals surface area contributed by atoms with Crippen LogP contribution >= 0.6 is 0 Å². The second-order valence-electron chi connectivity index (χ2n) is 5.75. The number of carbonyl (C=O) groups is 1. The lowest BCUT2D eigenvalue weighted by atomic mass is 10.0. The van der Waals surface area contributed by atoms with Gasteiger partial charge in [0.2, 0.25) is 0 Å². The zero-order valence-corrected chi connectivity index (χ0v) is 14.4. The molecule has 0 saturated carbocycles. The summed E-state index contributed by atoms with van der Waals surface area (Å²) in [6.07, 6.45) is 2.67. The molecule has 0 aromatic heterocycles. The number of ether oxygens (including phenoxy) is 2. The van der Waals surface area contributed by atoms with E-state index in [4.69, 9.17) is 9.47 Å². The first kappa shape index (κ1) is 18.5. The van der Waals surface area contributed by atoms with E-state index in [0.29, 0.717) is 13.0 Å². The highest BCUT2D eigenvalue weighted by Crippen LogP contribution is 2.21. The molecule has 1 aromatic carbocycles. The molecule has 0 unspecified atom stereocenters. The van der Waals surface area contributed by atoms with E-state index in [-0.39, 0.29) is 12.0 Å². The summed E-state index contributed by atoms with van der Waals surface area (Å²) in [5, 5.41) is 2.92. The Bertz CT molecular complexity index is 458. The van der Waals surface area contributed by atoms with Crippen molar-refractivity contribution in [2.24, 2.45) is 0 Å². The van der Waals surface area contributed by atoms with Crippen LogP contribution in [0.4, 0.5) is 5.69 Å². The van der Waals surface area contributed by atoms with Gasteiger partial charge in [-0.2, -0.15) is 0 Å². The van der Waals surface area contributed by atoms with Crippen molar-refractivity contribution >= 4 is 11.6 Å². The van der Waals surface area contributed by atoms with Crippen LogP contribution in [-0.4, -0.2) is 24.2 Å². The van der Waals surface area contributed by atoms with Crippen molar-refractivity contribution in [3.05, 3.63) is 24.3 Å². The highest BCUT2D eigenvalue weighted by molar-refractivity contribution is 5.97. The van der Waals surface area contributed by atoms with Gasteiger partial charge in [0.1, 0.15) is 11.4 Å². The van der Waals surface area contributed by atoms with E-state index >= 15 is 0 Å². The van der Waals surface area contributed by atoms with Gasteiger partial charge < -0.3 is 14.8 Å². The van der Waals surface area contributed by atoms with E-state index in [0.717, 1.165) is 24.3 Å². The SMILES string of the molecule is CCCO[C@@](C)(CC)C(=O)Nc1ccc(O[C@H](C)CC)cc1. The van der Waals surface area contributed by atoms with Crippen molar-refractivity contribution in [1.82, 2.24) is 0 Å². The molecule has 0 aliphatic carbocycles. The van der Waals surface area contributed by atoms with Crippen molar-refractivity contribution < 1.29 is 14.3 Å². The molecule has 1 N–H and O–H groups in total. The number of hydrogen-bond acceptors (Lipinski definition) is 3. The average molecular weight is 307 g/mol. The van der Waals surface area contributed by atoms with Crippen LogP contribution in [0.5, 0.6) is 5.75 Å². The quantitative estimate of drug-likeness (QED) is 0.735. The lowest BCUT2D eigenvalue weighted by Gasteiger charge is -2.27. The molecule has 4 nitrogen and oxygen atoms in total. The summed E-state index contributed by atoms with van der Waals surface area (Å²) in [5.41, 5.74) is -0.0386. The van der Waals surface area contributed by atoms with Gasteiger partial charge in [0.25, 0.3) is 5.91 Å². The highest BCUT2D eigenvalue weighted by atomic mass is 16.5. The van der Waals surface area contributed by atoms with E-state index in [2.05, 4.69) is 12.2 Å². The van der Waals surface area contributed by atoms with Gasteiger partial charge in [-0.15, -0.1) is 0 Å². The summed E-state index contributed by atoms with van der Waals surface area (Å²) in [6, 6.07) is 7.45. The summed E-state index contributed by atoms with van der Waals surface area (Å²) >= 11 is 0. The van der Waals surface area contributed by atoms with Gasteiger partial charge in [-0.25, -0.2) is 0 Å². The largest absolute Gasteiger partial charge is 0.491 e. The van der Waals surface area contributed by atoms with Crippen LogP contribution in [0.25, 0.3) is 0 Å². The Labute approximate surface area is 134 Å². The second-order valence-corrected chi connectivity index (χ2v) is 5.75. The minimum atomic E-state index is -0.790. The molecule has 0 saturated heterocycles. The molecular weight excluding hydrogens is 278 g/mol. The predicted molar refractivity (Wildman–Crippen MR) is 90.4 cm³/mol. The Morgan fingerprint density at radius 3 is 2.36 bits per heavy atom. The van der Waals surface area contributed by atoms with Crippen LogP contribution in [0.3, 0.4) is 0 Å². The van der Waals surface area contributed by atoms with Gasteiger partial charge in [-0.3, -0.25) is 4.79 Å². The lowest BCUT2D eigenvalue weighted by Crippen LogP contribution is -2.42. The molecule has 124 valence electrons. The topological polar surface area (TPSA) is 47.6 Å². The number of nitrogens with one attached hydrogen (secondary N) is 1. The molecule has 0 aliphatic heterocycles. The van der Waals surface area contributed by atoms with Crippen molar-refractivity contribution in [1.29, 1.82) is 0 Å². The number of hydrogen-bond donors (Lipinski definition) is 1. The first-order chi connectivity index (χ1) is 10.4. The monoisotopic (exact) mass is 307 g/mol. The summed E-state index contributed by atoms with van der Waals surface area (Å²) in [5.74, 6) is 0.701. The molecule has 0 spiro atoms. The van der Waals surface area contributed by atoms with Gasteiger partial charge in [0, 0.05) is 12.3 Å². The van der Waals surface area contributed by atoms with Gasteiger partial charge in [-0.1, -0.05) is 20.8 Å². The second kappa shape index (κ2) is 8.79. The Balaban J connectivity index is 2.67. The molecule has 2 atom stereocenters. The van der Waals surface area contributed by atoms with Crippen molar-refractivity contribution in [2.75, 3.05) is 11.9 Å². The van der Waals surface area contributed by atoms with Crippen molar-refractivity contribution in [2.45, 2.75) is 65.6 Å². The van der Waals surface area contributed by atoms with E-state index in [1.807, 2.05) is 52.0 Å². The Morgan fingerprint density at radius 1 is 1.23 bits per heavy atom. The van der Waals surface area contributed by atoms with Crippen LogP contribution in [0.15, 0.2) is 24.3 Å². The third-order valence-corrected chi connectivity index (χ3v) is 3.80. The highest BCUT2D eigenvalue weighted by Gasteiger charge is 2.32. The summed E-state index contributed by atoms with van der Waals surface area (Å²) in [7, 11) is 0. The van der Waals surface area contributed by atoms with E-state index < -0.39 is 5.60 Å². The van der Waals surface area contributed by atoms with E-state index in [9.17, 15) is 4.79 Å². The van der Waals surface area contributed by atoms with Crippen LogP contribution in [0.1, 0.15) is 53.9 Å². The van der Waals surface area contributed by atoms with Crippen molar-refractivity contribution in [3.63, 3.8) is 0 Å². The number of amides is 1. The molecule has 1 aromatic rings. The standard InChI is InChI=1S/C18H29NO3/c1-6-13-21-18(5,8-3)17(20)19-15-9-11-16(12-10-15)22-14(4)7-2/h9-12,14H,6-8,13H2,1-5H3,(H,19,20)/t14-,18+/m1/s1. The van der Waals surface area contributed by atoms with Crippen LogP contribution in [0, 0.1) is 0 Å². The third-order valence-electron chi connectivity index (χ3n) is 3.80. The van der Waals surface area contributed by atoms with Gasteiger partial charge in [-0.05, 0) is 57.4 Å². The number of carbonyl (C=O) groups excluding carboxylic acids is 1. The minimum absolute atomic E-state index is 0.112. The minimum Gasteiger partial charge on any atom is -0.491 e. The smallest absolute Gasteiger partial charge is 0.256 e. The number of anilines is 1. The molecule has 4 heteroatoms. The van der Waals surface area contributed by atoms with E-state index in [1.165, 1.54) is 0 Å². The molecule has 1 rings (SSSR count). The number of benzene rings is 1. The fraction of sp³-hybridized carbons (Fsp3) is 0.611. The van der Waals surface area contributed by atoms with Crippen molar-refractivity contribution in [3.8, 4) is 5.75 Å². The zero-order chi connectivity index (χ0) is 16.6. The first-order valence-corrected chi connectivity index (χ1v) is 8.17. The molecule has 1 amide bonds. The van der Waals surface area contributed by atoms with Gasteiger partial charge in [0.15, 0.2) is 0 Å². The maximum Gasteiger partial charge on any atom is 0.256 e. The summed E-state index contributed by atoms with van der Waals surface area (Å²) in [6.45, 7) is 10.5. The predicted octanol–water partition coefficient (Wildman–Crippen LogP) is 4.40. The third kappa shape index (κ3) is 5.34. The Morgan fingerprint density at radius 2 is 1.86 bits per heavy atom. The van der Waals surface area contributed by atoms with Gasteiger partial charge in [0.05, 0.1) is 6.10 Å². The van der Waals surface area contributed by atoms with Crippen LogP contribution < -0.4 is 10.1 Å². The van der Waals surface area contributed by atoms with E-state index in [1.54, 1.807) is 0 Å². The fourth-order valence-corrected chi connectivity index (χ4v) is 1.85. The maximum atomic E-state index is 12.4. The molecule has 0 aliphatic rings. The summed E-state index contributed by atoms with van der Waals surface area (Å²) < 4.78 is 11.4. The normalized spacial score (nSPS) is 15.0. The molecule has 0 fully saturated rings. The molecular formula is C18H29NO3. The maximum absolute atomic E-state index is 12.4. The van der Waals surface area contributed by atoms with Gasteiger partial charge >= 0.3 is 0 Å². The Kier molecular flexibility index (Phi) is 7.39. The fourth-order valence-electron chi connectivity index (χ4n) is 1.85. The molecule has 0 bridgehead atoms. The number of rotatable bonds is 9. The van der Waals surface area contributed by atoms with Crippen LogP contribution in [0.2, 0.25) is 0 Å². The molecule has 0 radical (unpaired) electrons. The average Bonchev–Trinajstić information content (AvgIpc) is 2.54. The van der Waals surface area contributed by atoms with Crippen LogP contribution in [-0.2, 0) is 9.53 Å².